The van der Waals surface area contributed by atoms with Gasteiger partial charge < -0.3 is 10.1 Å². The lowest BCUT2D eigenvalue weighted by atomic mass is 10.1. The SMILES string of the molecule is COc1ccc(-c2ccc(=O)n(C(C)C(=O)Nc3ccc(Cl)c(Cl)c3)n2)cc1. The predicted octanol–water partition coefficient (Wildman–Crippen LogP) is 4.43. The van der Waals surface area contributed by atoms with Crippen molar-refractivity contribution in [1.82, 2.24) is 9.78 Å². The predicted molar refractivity (Wildman–Crippen MR) is 110 cm³/mol. The van der Waals surface area contributed by atoms with Crippen molar-refractivity contribution in [3.63, 3.8) is 0 Å². The topological polar surface area (TPSA) is 73.2 Å². The molecule has 1 amide bonds. The van der Waals surface area contributed by atoms with Crippen LogP contribution in [0.5, 0.6) is 5.75 Å². The number of benzene rings is 2. The lowest BCUT2D eigenvalue weighted by Crippen LogP contribution is -2.33. The van der Waals surface area contributed by atoms with Crippen LogP contribution in [0, 0.1) is 0 Å². The molecule has 144 valence electrons. The van der Waals surface area contributed by atoms with Crippen LogP contribution in [0.25, 0.3) is 11.3 Å². The summed E-state index contributed by atoms with van der Waals surface area (Å²) in [6.45, 7) is 1.60. The summed E-state index contributed by atoms with van der Waals surface area (Å²) in [4.78, 5) is 24.9. The van der Waals surface area contributed by atoms with Crippen LogP contribution in [0.3, 0.4) is 0 Å². The number of hydrogen-bond acceptors (Lipinski definition) is 4. The number of nitrogens with one attached hydrogen (secondary N) is 1. The molecular formula is C20H17Cl2N3O3. The van der Waals surface area contributed by atoms with E-state index in [2.05, 4.69) is 10.4 Å². The molecule has 0 spiro atoms. The minimum atomic E-state index is -0.833. The summed E-state index contributed by atoms with van der Waals surface area (Å²) in [7, 11) is 1.58. The van der Waals surface area contributed by atoms with Crippen molar-refractivity contribution in [2.45, 2.75) is 13.0 Å². The number of amides is 1. The van der Waals surface area contributed by atoms with Crippen LogP contribution in [0.4, 0.5) is 5.69 Å². The molecule has 0 saturated carbocycles. The number of nitrogens with zero attached hydrogens (tertiary/aromatic N) is 2. The summed E-state index contributed by atoms with van der Waals surface area (Å²) in [5.74, 6) is 0.311. The Morgan fingerprint density at radius 2 is 1.79 bits per heavy atom. The Morgan fingerprint density at radius 1 is 1.07 bits per heavy atom. The van der Waals surface area contributed by atoms with Crippen molar-refractivity contribution in [2.24, 2.45) is 0 Å². The highest BCUT2D eigenvalue weighted by Crippen LogP contribution is 2.25. The summed E-state index contributed by atoms with van der Waals surface area (Å²) < 4.78 is 6.29. The molecule has 0 bridgehead atoms. The van der Waals surface area contributed by atoms with Crippen molar-refractivity contribution in [3.8, 4) is 17.0 Å². The number of methoxy groups -OCH3 is 1. The molecule has 0 saturated heterocycles. The average molecular weight is 418 g/mol. The van der Waals surface area contributed by atoms with Crippen molar-refractivity contribution in [1.29, 1.82) is 0 Å². The molecule has 3 aromatic rings. The Morgan fingerprint density at radius 3 is 2.43 bits per heavy atom. The number of anilines is 1. The number of carbonyl (C=O) groups is 1. The first-order valence-electron chi connectivity index (χ1n) is 8.39. The van der Waals surface area contributed by atoms with Gasteiger partial charge in [0, 0.05) is 17.3 Å². The van der Waals surface area contributed by atoms with Gasteiger partial charge in [-0.05, 0) is 55.5 Å². The number of aromatic nitrogens is 2. The van der Waals surface area contributed by atoms with Crippen LogP contribution in [0.2, 0.25) is 10.0 Å². The summed E-state index contributed by atoms with van der Waals surface area (Å²) in [5.41, 5.74) is 1.46. The highest BCUT2D eigenvalue weighted by atomic mass is 35.5. The van der Waals surface area contributed by atoms with Gasteiger partial charge in [0.1, 0.15) is 11.8 Å². The lowest BCUT2D eigenvalue weighted by molar-refractivity contribution is -0.119. The average Bonchev–Trinajstić information content (AvgIpc) is 2.70. The van der Waals surface area contributed by atoms with Gasteiger partial charge in [0.2, 0.25) is 5.91 Å². The van der Waals surface area contributed by atoms with Gasteiger partial charge in [-0.1, -0.05) is 23.2 Å². The summed E-state index contributed by atoms with van der Waals surface area (Å²) in [6.07, 6.45) is 0. The van der Waals surface area contributed by atoms with Gasteiger partial charge in [0.15, 0.2) is 0 Å². The van der Waals surface area contributed by atoms with E-state index in [0.717, 1.165) is 10.2 Å². The highest BCUT2D eigenvalue weighted by molar-refractivity contribution is 6.42. The maximum atomic E-state index is 12.6. The first kappa shape index (κ1) is 19.9. The zero-order valence-electron chi connectivity index (χ0n) is 15.1. The van der Waals surface area contributed by atoms with Crippen molar-refractivity contribution >= 4 is 34.8 Å². The monoisotopic (exact) mass is 417 g/mol. The molecule has 8 heteroatoms. The Labute approximate surface area is 171 Å². The second kappa shape index (κ2) is 8.46. The molecule has 0 fully saturated rings. The van der Waals surface area contributed by atoms with E-state index in [9.17, 15) is 9.59 Å². The fraction of sp³-hybridized carbons (Fsp3) is 0.150. The van der Waals surface area contributed by atoms with Crippen LogP contribution in [0.15, 0.2) is 59.4 Å². The van der Waals surface area contributed by atoms with Gasteiger partial charge in [0.05, 0.1) is 22.8 Å². The second-order valence-electron chi connectivity index (χ2n) is 6.02. The van der Waals surface area contributed by atoms with Gasteiger partial charge in [0.25, 0.3) is 5.56 Å². The molecule has 0 aliphatic heterocycles. The molecule has 1 aromatic heterocycles. The number of carbonyl (C=O) groups excluding carboxylic acids is 1. The minimum absolute atomic E-state index is 0.323. The molecular weight excluding hydrogens is 401 g/mol. The van der Waals surface area contributed by atoms with E-state index >= 15 is 0 Å². The molecule has 0 radical (unpaired) electrons. The first-order valence-corrected chi connectivity index (χ1v) is 9.15. The number of rotatable bonds is 5. The molecule has 1 N–H and O–H groups in total. The van der Waals surface area contributed by atoms with Crippen LogP contribution < -0.4 is 15.6 Å². The van der Waals surface area contributed by atoms with Crippen LogP contribution in [-0.2, 0) is 4.79 Å². The fourth-order valence-electron chi connectivity index (χ4n) is 2.55. The van der Waals surface area contributed by atoms with Gasteiger partial charge >= 0.3 is 0 Å². The quantitative estimate of drug-likeness (QED) is 0.666. The van der Waals surface area contributed by atoms with E-state index < -0.39 is 11.9 Å². The third kappa shape index (κ3) is 4.35. The van der Waals surface area contributed by atoms with Gasteiger partial charge in [-0.25, -0.2) is 4.68 Å². The molecule has 6 nitrogen and oxygen atoms in total. The second-order valence-corrected chi connectivity index (χ2v) is 6.84. The molecule has 1 atom stereocenters. The number of ether oxygens (including phenoxy) is 1. The molecule has 28 heavy (non-hydrogen) atoms. The standard InChI is InChI=1S/C20H17Cl2N3O3/c1-12(20(27)23-14-5-8-16(21)17(22)11-14)25-19(26)10-9-18(24-25)13-3-6-15(28-2)7-4-13/h3-12H,1-2H3,(H,23,27). The molecule has 0 aliphatic carbocycles. The largest absolute Gasteiger partial charge is 0.497 e. The van der Waals surface area contributed by atoms with E-state index in [1.807, 2.05) is 12.1 Å². The normalized spacial score (nSPS) is 11.7. The van der Waals surface area contributed by atoms with Gasteiger partial charge in [-0.15, -0.1) is 0 Å². The smallest absolute Gasteiger partial charge is 0.267 e. The van der Waals surface area contributed by atoms with E-state index in [1.54, 1.807) is 50.4 Å². The summed E-state index contributed by atoms with van der Waals surface area (Å²) in [5, 5.41) is 7.77. The third-order valence-electron chi connectivity index (χ3n) is 4.14. The number of halogens is 2. The fourth-order valence-corrected chi connectivity index (χ4v) is 2.85. The summed E-state index contributed by atoms with van der Waals surface area (Å²) >= 11 is 11.9. The highest BCUT2D eigenvalue weighted by Gasteiger charge is 2.18. The Hall–Kier alpha value is -2.83. The van der Waals surface area contributed by atoms with E-state index in [0.29, 0.717) is 27.2 Å². The lowest BCUT2D eigenvalue weighted by Gasteiger charge is -2.15. The maximum absolute atomic E-state index is 12.6. The van der Waals surface area contributed by atoms with Gasteiger partial charge in [-0.2, -0.15) is 5.10 Å². The molecule has 1 heterocycles. The number of hydrogen-bond donors (Lipinski definition) is 1. The maximum Gasteiger partial charge on any atom is 0.267 e. The van der Waals surface area contributed by atoms with E-state index in [4.69, 9.17) is 27.9 Å². The molecule has 3 rings (SSSR count). The van der Waals surface area contributed by atoms with Crippen molar-refractivity contribution in [3.05, 3.63) is 75.0 Å². The molecule has 0 aliphatic rings. The third-order valence-corrected chi connectivity index (χ3v) is 4.88. The van der Waals surface area contributed by atoms with E-state index in [1.165, 1.54) is 6.07 Å². The van der Waals surface area contributed by atoms with Crippen molar-refractivity contribution < 1.29 is 9.53 Å². The zero-order valence-corrected chi connectivity index (χ0v) is 16.7. The molecule has 1 unspecified atom stereocenters. The Bertz CT molecular complexity index is 1070. The summed E-state index contributed by atoms with van der Waals surface area (Å²) in [6, 6.07) is 14.2. The van der Waals surface area contributed by atoms with E-state index in [-0.39, 0.29) is 5.56 Å². The Kier molecular flexibility index (Phi) is 6.02. The van der Waals surface area contributed by atoms with Crippen LogP contribution in [0.1, 0.15) is 13.0 Å². The van der Waals surface area contributed by atoms with Gasteiger partial charge in [-0.3, -0.25) is 9.59 Å². The minimum Gasteiger partial charge on any atom is -0.497 e. The molecule has 2 aromatic carbocycles. The zero-order chi connectivity index (χ0) is 20.3. The van der Waals surface area contributed by atoms with Crippen LogP contribution >= 0.6 is 23.2 Å². The Balaban J connectivity index is 1.85. The van der Waals surface area contributed by atoms with Crippen LogP contribution in [-0.4, -0.2) is 22.8 Å². The van der Waals surface area contributed by atoms with Crippen molar-refractivity contribution in [2.75, 3.05) is 12.4 Å². The first-order chi connectivity index (χ1) is 13.4.